The van der Waals surface area contributed by atoms with E-state index in [0.29, 0.717) is 18.3 Å². The molecular weight excluding hydrogens is 484 g/mol. The molecule has 2 saturated carbocycles. The maximum atomic E-state index is 13.8. The Bertz CT molecular complexity index is 1120. The first kappa shape index (κ1) is 26.8. The van der Waals surface area contributed by atoms with Crippen LogP contribution < -0.4 is 5.32 Å². The summed E-state index contributed by atoms with van der Waals surface area (Å²) in [5.74, 6) is 1.07. The Morgan fingerprint density at radius 3 is 2.50 bits per heavy atom. The summed E-state index contributed by atoms with van der Waals surface area (Å²) >= 11 is 0. The Morgan fingerprint density at radius 1 is 1.03 bits per heavy atom. The Kier molecular flexibility index (Phi) is 8.69. The fraction of sp³-hybridized carbons (Fsp3) is 0.533. The number of benzene rings is 2. The van der Waals surface area contributed by atoms with Crippen molar-refractivity contribution in [3.63, 3.8) is 0 Å². The van der Waals surface area contributed by atoms with E-state index in [-0.39, 0.29) is 0 Å². The molecule has 1 N–H and O–H groups in total. The van der Waals surface area contributed by atoms with E-state index in [2.05, 4.69) is 27.1 Å². The van der Waals surface area contributed by atoms with Gasteiger partial charge in [0.25, 0.3) is 0 Å². The Balaban J connectivity index is 0.000000316. The third kappa shape index (κ3) is 6.77. The summed E-state index contributed by atoms with van der Waals surface area (Å²) in [5, 5.41) is 3.33. The fourth-order valence-corrected chi connectivity index (χ4v) is 5.96. The number of carbonyl (C=O) groups excluding carboxylic acids is 1. The molecule has 2 aliphatic carbocycles. The van der Waals surface area contributed by atoms with E-state index in [9.17, 15) is 13.6 Å². The normalized spacial score (nSPS) is 24.6. The van der Waals surface area contributed by atoms with Gasteiger partial charge in [-0.05, 0) is 63.6 Å². The number of hydrogen-bond acceptors (Lipinski definition) is 6. The van der Waals surface area contributed by atoms with Crippen molar-refractivity contribution >= 4 is 17.9 Å². The van der Waals surface area contributed by atoms with Gasteiger partial charge in [-0.15, -0.1) is 0 Å². The lowest BCUT2D eigenvalue weighted by Crippen LogP contribution is -2.48. The number of rotatable bonds is 6. The van der Waals surface area contributed by atoms with Crippen molar-refractivity contribution in [1.82, 2.24) is 14.7 Å². The second-order valence-corrected chi connectivity index (χ2v) is 11.1. The van der Waals surface area contributed by atoms with Crippen LogP contribution in [0, 0.1) is 23.5 Å². The summed E-state index contributed by atoms with van der Waals surface area (Å²) in [6, 6.07) is 12.1. The number of carbonyl (C=O) groups is 1. The molecule has 1 saturated heterocycles. The van der Waals surface area contributed by atoms with E-state index in [4.69, 9.17) is 4.99 Å². The molecule has 6 rings (SSSR count). The number of fused-ring (bicyclic) bond motifs is 2. The standard InChI is InChI=1S/C23H33F2N5.C7H6O/c1-28-7-9-29(10-8-28)5-2-6-30(19-4-3-16-11-17(16)12-19)23-26-15-18-13-20(24)21(25)14-22(18)27-23;8-6-7-4-2-1-3-5-7/h13-14,16-17,19H,2-12,15H2,1H3,(H,26,27);1-6H. The van der Waals surface area contributed by atoms with Gasteiger partial charge >= 0.3 is 0 Å². The van der Waals surface area contributed by atoms with Crippen LogP contribution in [0.25, 0.3) is 0 Å². The van der Waals surface area contributed by atoms with Crippen molar-refractivity contribution in [2.24, 2.45) is 16.8 Å². The highest BCUT2D eigenvalue weighted by molar-refractivity contribution is 5.96. The van der Waals surface area contributed by atoms with Crippen LogP contribution in [0.2, 0.25) is 0 Å². The van der Waals surface area contributed by atoms with Crippen LogP contribution in [0.3, 0.4) is 0 Å². The SMILES string of the molecule is CN1CCN(CCCN(C2=NCc3cc(F)c(F)cc3N2)C2CCC3CC3C2)CC1.O=Cc1ccccc1. The first-order valence-corrected chi connectivity index (χ1v) is 14.0. The molecule has 0 radical (unpaired) electrons. The fourth-order valence-electron chi connectivity index (χ4n) is 5.96. The first-order valence-electron chi connectivity index (χ1n) is 14.0. The summed E-state index contributed by atoms with van der Waals surface area (Å²) in [6.45, 7) is 7.03. The summed E-state index contributed by atoms with van der Waals surface area (Å²) < 4.78 is 27.4. The maximum absolute atomic E-state index is 13.8. The summed E-state index contributed by atoms with van der Waals surface area (Å²) in [6.07, 6.45) is 7.08. The molecule has 0 spiro atoms. The molecule has 2 aromatic carbocycles. The predicted molar refractivity (Wildman–Crippen MR) is 147 cm³/mol. The van der Waals surface area contributed by atoms with Gasteiger partial charge in [0, 0.05) is 61.6 Å². The van der Waals surface area contributed by atoms with Crippen LogP contribution in [0.1, 0.15) is 48.0 Å². The van der Waals surface area contributed by atoms with Gasteiger partial charge in [-0.25, -0.2) is 13.8 Å². The third-order valence-electron chi connectivity index (χ3n) is 8.42. The van der Waals surface area contributed by atoms with Gasteiger partial charge in [-0.1, -0.05) is 30.3 Å². The Hall–Kier alpha value is -2.84. The molecule has 0 aromatic heterocycles. The minimum Gasteiger partial charge on any atom is -0.340 e. The zero-order valence-electron chi connectivity index (χ0n) is 22.3. The number of hydrogen-bond donors (Lipinski definition) is 1. The monoisotopic (exact) mass is 523 g/mol. The third-order valence-corrected chi connectivity index (χ3v) is 8.42. The molecule has 38 heavy (non-hydrogen) atoms. The van der Waals surface area contributed by atoms with Gasteiger partial charge in [0.15, 0.2) is 17.6 Å². The number of anilines is 1. The van der Waals surface area contributed by atoms with Crippen molar-refractivity contribution in [2.45, 2.75) is 44.7 Å². The van der Waals surface area contributed by atoms with Gasteiger partial charge < -0.3 is 20.0 Å². The van der Waals surface area contributed by atoms with Crippen LogP contribution in [-0.4, -0.2) is 79.3 Å². The van der Waals surface area contributed by atoms with Gasteiger partial charge in [-0.3, -0.25) is 4.79 Å². The second-order valence-electron chi connectivity index (χ2n) is 11.1. The molecule has 204 valence electrons. The molecule has 3 unspecified atom stereocenters. The van der Waals surface area contributed by atoms with Crippen molar-refractivity contribution in [3.8, 4) is 0 Å². The van der Waals surface area contributed by atoms with Gasteiger partial charge in [0.05, 0.1) is 6.54 Å². The largest absolute Gasteiger partial charge is 0.340 e. The van der Waals surface area contributed by atoms with Crippen LogP contribution in [-0.2, 0) is 6.54 Å². The number of aliphatic imine (C=N–C) groups is 1. The molecule has 2 aliphatic heterocycles. The van der Waals surface area contributed by atoms with Gasteiger partial charge in [-0.2, -0.15) is 0 Å². The quantitative estimate of drug-likeness (QED) is 0.548. The summed E-state index contributed by atoms with van der Waals surface area (Å²) in [4.78, 5) is 22.1. The number of aldehydes is 1. The minimum absolute atomic E-state index is 0.405. The predicted octanol–water partition coefficient (Wildman–Crippen LogP) is 4.87. The van der Waals surface area contributed by atoms with Crippen LogP contribution >= 0.6 is 0 Å². The van der Waals surface area contributed by atoms with Crippen LogP contribution in [0.5, 0.6) is 0 Å². The van der Waals surface area contributed by atoms with Crippen molar-refractivity contribution in [1.29, 1.82) is 0 Å². The highest BCUT2D eigenvalue weighted by Gasteiger charge is 2.44. The summed E-state index contributed by atoms with van der Waals surface area (Å²) in [5.41, 5.74) is 2.11. The zero-order valence-corrected chi connectivity index (χ0v) is 22.3. The molecule has 3 fully saturated rings. The maximum Gasteiger partial charge on any atom is 0.199 e. The topological polar surface area (TPSA) is 51.2 Å². The Morgan fingerprint density at radius 2 is 1.79 bits per heavy atom. The first-order chi connectivity index (χ1) is 18.5. The zero-order chi connectivity index (χ0) is 26.5. The molecule has 3 atom stereocenters. The average molecular weight is 524 g/mol. The molecule has 8 heteroatoms. The average Bonchev–Trinajstić information content (AvgIpc) is 3.73. The van der Waals surface area contributed by atoms with Gasteiger partial charge in [0.1, 0.15) is 6.29 Å². The van der Waals surface area contributed by atoms with Crippen molar-refractivity contribution < 1.29 is 13.6 Å². The van der Waals surface area contributed by atoms with Crippen molar-refractivity contribution in [2.75, 3.05) is 51.6 Å². The molecule has 0 bridgehead atoms. The molecule has 2 heterocycles. The summed E-state index contributed by atoms with van der Waals surface area (Å²) in [7, 11) is 2.19. The number of nitrogens with zero attached hydrogens (tertiary/aromatic N) is 4. The lowest BCUT2D eigenvalue weighted by Gasteiger charge is -2.39. The lowest BCUT2D eigenvalue weighted by atomic mass is 9.94. The Labute approximate surface area is 224 Å². The molecular formula is C30H39F2N5O. The van der Waals surface area contributed by atoms with E-state index in [0.717, 1.165) is 80.9 Å². The second kappa shape index (κ2) is 12.3. The number of nitrogens with one attached hydrogen (secondary N) is 1. The number of guanidine groups is 1. The van der Waals surface area contributed by atoms with Crippen molar-refractivity contribution in [3.05, 3.63) is 65.2 Å². The number of piperazine rings is 1. The highest BCUT2D eigenvalue weighted by Crippen LogP contribution is 2.50. The van der Waals surface area contributed by atoms with Crippen LogP contribution in [0.15, 0.2) is 47.5 Å². The molecule has 2 aromatic rings. The van der Waals surface area contributed by atoms with Crippen LogP contribution in [0.4, 0.5) is 14.5 Å². The van der Waals surface area contributed by atoms with E-state index in [1.165, 1.54) is 37.8 Å². The molecule has 4 aliphatic rings. The molecule has 0 amide bonds. The van der Waals surface area contributed by atoms with E-state index in [1.807, 2.05) is 18.2 Å². The van der Waals surface area contributed by atoms with E-state index < -0.39 is 11.6 Å². The molecule has 6 nitrogen and oxygen atoms in total. The number of likely N-dealkylation sites (N-methyl/N-ethyl adjacent to an activating group) is 1. The lowest BCUT2D eigenvalue weighted by molar-refractivity contribution is 0.112. The van der Waals surface area contributed by atoms with Gasteiger partial charge in [0.2, 0.25) is 0 Å². The number of halogens is 2. The van der Waals surface area contributed by atoms with E-state index >= 15 is 0 Å². The van der Waals surface area contributed by atoms with E-state index in [1.54, 1.807) is 12.1 Å². The highest BCUT2D eigenvalue weighted by atomic mass is 19.2. The smallest absolute Gasteiger partial charge is 0.199 e. The minimum atomic E-state index is -0.803.